The molecule has 1 amide bonds. The summed E-state index contributed by atoms with van der Waals surface area (Å²) in [5.41, 5.74) is 1.52. The third-order valence-electron chi connectivity index (χ3n) is 5.46. The van der Waals surface area contributed by atoms with Gasteiger partial charge < -0.3 is 20.3 Å². The Morgan fingerprint density at radius 3 is 2.79 bits per heavy atom. The molecule has 1 aromatic carbocycles. The zero-order chi connectivity index (χ0) is 23.6. The molecule has 0 saturated carbocycles. The topological polar surface area (TPSA) is 92.3 Å². The largest absolute Gasteiger partial charge is 0.386 e. The van der Waals surface area contributed by atoms with E-state index in [4.69, 9.17) is 4.74 Å². The number of anilines is 2. The van der Waals surface area contributed by atoms with Crippen molar-refractivity contribution in [3.05, 3.63) is 42.5 Å². The minimum Gasteiger partial charge on any atom is -0.386 e. The second-order valence-corrected chi connectivity index (χ2v) is 7.94. The van der Waals surface area contributed by atoms with Gasteiger partial charge in [-0.2, -0.15) is 8.78 Å². The molecular formula is C22H23F3N6O2. The Balaban J connectivity index is 1.62. The van der Waals surface area contributed by atoms with Crippen molar-refractivity contribution in [1.29, 1.82) is 0 Å². The van der Waals surface area contributed by atoms with Gasteiger partial charge >= 0.3 is 6.43 Å². The van der Waals surface area contributed by atoms with Crippen LogP contribution in [0.1, 0.15) is 6.92 Å². The molecule has 4 rings (SSSR count). The van der Waals surface area contributed by atoms with Gasteiger partial charge in [-0.15, -0.1) is 0 Å². The van der Waals surface area contributed by atoms with Crippen LogP contribution in [-0.4, -0.2) is 71.1 Å². The Morgan fingerprint density at radius 1 is 1.27 bits per heavy atom. The van der Waals surface area contributed by atoms with E-state index in [1.807, 2.05) is 0 Å². The van der Waals surface area contributed by atoms with Crippen LogP contribution in [0.4, 0.5) is 24.7 Å². The Morgan fingerprint density at radius 2 is 2.06 bits per heavy atom. The van der Waals surface area contributed by atoms with Gasteiger partial charge in [0.1, 0.15) is 16.9 Å². The first-order valence-electron chi connectivity index (χ1n) is 10.3. The predicted octanol–water partition coefficient (Wildman–Crippen LogP) is 3.17. The fourth-order valence-electron chi connectivity index (χ4n) is 3.75. The number of rotatable bonds is 6. The lowest BCUT2D eigenvalue weighted by molar-refractivity contribution is -0.157. The summed E-state index contributed by atoms with van der Waals surface area (Å²) in [6.07, 6.45) is 0.00510. The van der Waals surface area contributed by atoms with Crippen molar-refractivity contribution >= 4 is 28.4 Å². The molecule has 11 heteroatoms. The number of hydrogen-bond acceptors (Lipinski definition) is 7. The number of carbonyl (C=O) groups excluding carboxylic acids is 1. The summed E-state index contributed by atoms with van der Waals surface area (Å²) in [5.74, 6) is -1.25. The van der Waals surface area contributed by atoms with E-state index in [0.717, 1.165) is 4.90 Å². The number of nitrogens with zero attached hydrogens (tertiary/aromatic N) is 4. The van der Waals surface area contributed by atoms with Gasteiger partial charge in [-0.25, -0.2) is 14.4 Å². The molecule has 3 heterocycles. The van der Waals surface area contributed by atoms with Crippen molar-refractivity contribution in [3.63, 3.8) is 0 Å². The van der Waals surface area contributed by atoms with Crippen molar-refractivity contribution in [2.45, 2.75) is 19.0 Å². The molecular weight excluding hydrogens is 437 g/mol. The van der Waals surface area contributed by atoms with Crippen molar-refractivity contribution in [3.8, 4) is 11.3 Å². The number of ether oxygens (including phenoxy) is 1. The highest BCUT2D eigenvalue weighted by atomic mass is 19.3. The zero-order valence-electron chi connectivity index (χ0n) is 18.1. The maximum Gasteiger partial charge on any atom is 0.315 e. The van der Waals surface area contributed by atoms with Crippen LogP contribution in [0.2, 0.25) is 0 Å². The van der Waals surface area contributed by atoms with Crippen LogP contribution in [0, 0.1) is 5.82 Å². The molecule has 3 aromatic rings. The summed E-state index contributed by atoms with van der Waals surface area (Å²) in [4.78, 5) is 26.1. The Bertz CT molecular complexity index is 1180. The lowest BCUT2D eigenvalue weighted by atomic mass is 10.0. The van der Waals surface area contributed by atoms with E-state index in [-0.39, 0.29) is 26.2 Å². The molecule has 0 radical (unpaired) electrons. The molecule has 0 bridgehead atoms. The summed E-state index contributed by atoms with van der Waals surface area (Å²) >= 11 is 0. The summed E-state index contributed by atoms with van der Waals surface area (Å²) in [6, 6.07) is 6.44. The lowest BCUT2D eigenvalue weighted by Gasteiger charge is -2.40. The van der Waals surface area contributed by atoms with E-state index in [9.17, 15) is 18.0 Å². The first-order chi connectivity index (χ1) is 15.8. The van der Waals surface area contributed by atoms with Gasteiger partial charge in [-0.1, -0.05) is 6.07 Å². The highest BCUT2D eigenvalue weighted by Gasteiger charge is 2.36. The van der Waals surface area contributed by atoms with E-state index < -0.39 is 23.8 Å². The maximum absolute atomic E-state index is 14.3. The number of nitrogens with one attached hydrogen (secondary N) is 2. The summed E-state index contributed by atoms with van der Waals surface area (Å²) < 4.78 is 45.8. The Hall–Kier alpha value is -3.47. The first-order valence-corrected chi connectivity index (χ1v) is 10.3. The highest BCUT2D eigenvalue weighted by molar-refractivity contribution is 5.88. The molecule has 0 unspecified atom stereocenters. The number of alkyl halides is 2. The minimum absolute atomic E-state index is 0.00314. The number of halogens is 3. The number of pyridine rings is 1. The van der Waals surface area contributed by atoms with Crippen molar-refractivity contribution in [2.75, 3.05) is 43.9 Å². The summed E-state index contributed by atoms with van der Waals surface area (Å²) in [7, 11) is 1.63. The molecule has 2 aromatic heterocycles. The quantitative estimate of drug-likeness (QED) is 0.584. The second-order valence-electron chi connectivity index (χ2n) is 7.94. The third-order valence-corrected chi connectivity index (χ3v) is 5.46. The number of fused-ring (bicyclic) bond motifs is 1. The number of benzene rings is 1. The lowest BCUT2D eigenvalue weighted by Crippen LogP contribution is -2.56. The van der Waals surface area contributed by atoms with Crippen molar-refractivity contribution < 1.29 is 22.7 Å². The predicted molar refractivity (Wildman–Crippen MR) is 118 cm³/mol. The number of carbonyl (C=O) groups is 1. The van der Waals surface area contributed by atoms with E-state index in [0.29, 0.717) is 33.8 Å². The van der Waals surface area contributed by atoms with Gasteiger partial charge in [0.2, 0.25) is 0 Å². The monoisotopic (exact) mass is 460 g/mol. The number of morpholine rings is 1. The van der Waals surface area contributed by atoms with E-state index in [1.165, 1.54) is 12.3 Å². The molecule has 1 aliphatic rings. The van der Waals surface area contributed by atoms with Crippen LogP contribution in [0.15, 0.2) is 36.7 Å². The fraction of sp³-hybridized carbons (Fsp3) is 0.364. The number of amides is 1. The van der Waals surface area contributed by atoms with Crippen LogP contribution in [-0.2, 0) is 9.53 Å². The van der Waals surface area contributed by atoms with E-state index >= 15 is 0 Å². The Kier molecular flexibility index (Phi) is 6.32. The standard InChI is InChI=1S/C22H23F3N6O2/c1-22(12-31(7-8-33-22)21(32)19(24)25)11-29-20-18-17(27-5-6-28-18)10-16(30-20)13-3-4-15(26-2)14(23)9-13/h3-6,9-10,19,26H,7-8,11-12H2,1-2H3,(H,29,30)/t22-/m0/s1. The number of aromatic nitrogens is 3. The van der Waals surface area contributed by atoms with Crippen LogP contribution < -0.4 is 10.6 Å². The molecule has 1 atom stereocenters. The minimum atomic E-state index is -3.06. The first kappa shape index (κ1) is 22.7. The molecule has 174 valence electrons. The van der Waals surface area contributed by atoms with Gasteiger partial charge in [0.15, 0.2) is 5.82 Å². The maximum atomic E-state index is 14.3. The van der Waals surface area contributed by atoms with Gasteiger partial charge in [0, 0.05) is 38.1 Å². The van der Waals surface area contributed by atoms with Crippen LogP contribution in [0.25, 0.3) is 22.3 Å². The molecule has 33 heavy (non-hydrogen) atoms. The van der Waals surface area contributed by atoms with E-state index in [1.54, 1.807) is 38.4 Å². The SMILES string of the molecule is CNc1ccc(-c2cc3nccnc3c(NC[C@@]3(C)CN(C(=O)C(F)F)CCO3)n2)cc1F. The summed E-state index contributed by atoms with van der Waals surface area (Å²) in [6.45, 7) is 2.16. The summed E-state index contributed by atoms with van der Waals surface area (Å²) in [5, 5.41) is 5.94. The van der Waals surface area contributed by atoms with Gasteiger partial charge in [-0.3, -0.25) is 9.78 Å². The molecule has 8 nitrogen and oxygen atoms in total. The average Bonchev–Trinajstić information content (AvgIpc) is 2.81. The number of hydrogen-bond donors (Lipinski definition) is 2. The highest BCUT2D eigenvalue weighted by Crippen LogP contribution is 2.28. The van der Waals surface area contributed by atoms with Crippen molar-refractivity contribution in [1.82, 2.24) is 19.9 Å². The molecule has 1 aliphatic heterocycles. The zero-order valence-corrected chi connectivity index (χ0v) is 18.1. The van der Waals surface area contributed by atoms with Crippen LogP contribution >= 0.6 is 0 Å². The van der Waals surface area contributed by atoms with Crippen LogP contribution in [0.3, 0.4) is 0 Å². The smallest absolute Gasteiger partial charge is 0.315 e. The molecule has 2 N–H and O–H groups in total. The third kappa shape index (κ3) is 4.82. The fourth-order valence-corrected chi connectivity index (χ4v) is 3.75. The van der Waals surface area contributed by atoms with Gasteiger partial charge in [-0.05, 0) is 25.1 Å². The molecule has 0 spiro atoms. The molecule has 1 saturated heterocycles. The van der Waals surface area contributed by atoms with Crippen molar-refractivity contribution in [2.24, 2.45) is 0 Å². The van der Waals surface area contributed by atoms with Gasteiger partial charge in [0.25, 0.3) is 5.91 Å². The Labute approximate surface area is 188 Å². The second kappa shape index (κ2) is 9.18. The van der Waals surface area contributed by atoms with E-state index in [2.05, 4.69) is 25.6 Å². The molecule has 0 aliphatic carbocycles. The van der Waals surface area contributed by atoms with Gasteiger partial charge in [0.05, 0.1) is 30.0 Å². The normalized spacial score (nSPS) is 18.5. The van der Waals surface area contributed by atoms with Crippen LogP contribution in [0.5, 0.6) is 0 Å². The average molecular weight is 460 g/mol. The molecule has 1 fully saturated rings.